The Hall–Kier alpha value is -2.13. The number of nitrogens with one attached hydrogen (secondary N) is 1. The highest BCUT2D eigenvalue weighted by molar-refractivity contribution is 5.94. The third kappa shape index (κ3) is 6.20. The zero-order chi connectivity index (χ0) is 19.8. The molecule has 2 aromatic carbocycles. The molecule has 0 bridgehead atoms. The SMILES string of the molecule is CC(C)C[C@@H](NC(=O)c1ccc(CN2CCCCCC2)cc1)c1ccccc1. The first-order valence-electron chi connectivity index (χ1n) is 10.8. The lowest BCUT2D eigenvalue weighted by atomic mass is 9.96. The molecule has 150 valence electrons. The largest absolute Gasteiger partial charge is 0.345 e. The van der Waals surface area contributed by atoms with Crippen molar-refractivity contribution in [3.8, 4) is 0 Å². The summed E-state index contributed by atoms with van der Waals surface area (Å²) in [7, 11) is 0. The molecule has 1 amide bonds. The van der Waals surface area contributed by atoms with E-state index in [1.807, 2.05) is 30.3 Å². The molecule has 1 N–H and O–H groups in total. The minimum atomic E-state index is 0.0100. The van der Waals surface area contributed by atoms with Crippen LogP contribution < -0.4 is 5.32 Å². The summed E-state index contributed by atoms with van der Waals surface area (Å²) in [5.41, 5.74) is 3.20. The van der Waals surface area contributed by atoms with Crippen LogP contribution in [0.5, 0.6) is 0 Å². The molecular formula is C25H34N2O. The average Bonchev–Trinajstić information content (AvgIpc) is 2.97. The Morgan fingerprint density at radius 3 is 2.18 bits per heavy atom. The summed E-state index contributed by atoms with van der Waals surface area (Å²) in [6, 6.07) is 18.5. The Morgan fingerprint density at radius 2 is 1.57 bits per heavy atom. The van der Waals surface area contributed by atoms with Gasteiger partial charge in [-0.1, -0.05) is 69.2 Å². The number of nitrogens with zero attached hydrogens (tertiary/aromatic N) is 1. The maximum absolute atomic E-state index is 12.8. The van der Waals surface area contributed by atoms with Crippen molar-refractivity contribution >= 4 is 5.91 Å². The van der Waals surface area contributed by atoms with Crippen LogP contribution in [0.4, 0.5) is 0 Å². The van der Waals surface area contributed by atoms with Gasteiger partial charge in [-0.25, -0.2) is 0 Å². The molecule has 0 unspecified atom stereocenters. The fourth-order valence-corrected chi connectivity index (χ4v) is 3.99. The molecule has 3 nitrogen and oxygen atoms in total. The van der Waals surface area contributed by atoms with E-state index in [0.29, 0.717) is 5.92 Å². The minimum Gasteiger partial charge on any atom is -0.345 e. The van der Waals surface area contributed by atoms with E-state index in [1.165, 1.54) is 49.9 Å². The minimum absolute atomic E-state index is 0.0100. The molecule has 1 saturated heterocycles. The number of carbonyl (C=O) groups excluding carboxylic acids is 1. The monoisotopic (exact) mass is 378 g/mol. The highest BCUT2D eigenvalue weighted by Gasteiger charge is 2.17. The molecule has 28 heavy (non-hydrogen) atoms. The Balaban J connectivity index is 1.62. The normalized spacial score (nSPS) is 16.5. The van der Waals surface area contributed by atoms with E-state index in [9.17, 15) is 4.79 Å². The number of likely N-dealkylation sites (tertiary alicyclic amines) is 1. The first-order chi connectivity index (χ1) is 13.6. The van der Waals surface area contributed by atoms with E-state index in [4.69, 9.17) is 0 Å². The first kappa shape index (κ1) is 20.6. The van der Waals surface area contributed by atoms with Crippen molar-refractivity contribution in [3.63, 3.8) is 0 Å². The lowest BCUT2D eigenvalue weighted by Gasteiger charge is -2.22. The zero-order valence-electron chi connectivity index (χ0n) is 17.4. The predicted octanol–water partition coefficient (Wildman–Crippen LogP) is 5.58. The number of amides is 1. The van der Waals surface area contributed by atoms with Gasteiger partial charge in [0.25, 0.3) is 5.91 Å². The van der Waals surface area contributed by atoms with Crippen LogP contribution in [0.2, 0.25) is 0 Å². The first-order valence-corrected chi connectivity index (χ1v) is 10.8. The van der Waals surface area contributed by atoms with Crippen LogP contribution in [-0.2, 0) is 6.54 Å². The molecule has 2 aromatic rings. The summed E-state index contributed by atoms with van der Waals surface area (Å²) in [4.78, 5) is 15.4. The van der Waals surface area contributed by atoms with Gasteiger partial charge in [-0.2, -0.15) is 0 Å². The van der Waals surface area contributed by atoms with Crippen molar-refractivity contribution in [2.45, 2.75) is 58.5 Å². The summed E-state index contributed by atoms with van der Waals surface area (Å²) in [6.45, 7) is 7.76. The van der Waals surface area contributed by atoms with Crippen molar-refractivity contribution in [1.29, 1.82) is 0 Å². The summed E-state index contributed by atoms with van der Waals surface area (Å²) in [5.74, 6) is 0.525. The van der Waals surface area contributed by atoms with Crippen LogP contribution in [-0.4, -0.2) is 23.9 Å². The second-order valence-corrected chi connectivity index (χ2v) is 8.45. The fraction of sp³-hybridized carbons (Fsp3) is 0.480. The van der Waals surface area contributed by atoms with Crippen molar-refractivity contribution in [1.82, 2.24) is 10.2 Å². The van der Waals surface area contributed by atoms with E-state index in [-0.39, 0.29) is 11.9 Å². The van der Waals surface area contributed by atoms with Crippen molar-refractivity contribution in [3.05, 3.63) is 71.3 Å². The maximum atomic E-state index is 12.8. The standard InChI is InChI=1S/C25H34N2O/c1-20(2)18-24(22-10-6-5-7-11-22)26-25(28)23-14-12-21(13-15-23)19-27-16-8-3-4-9-17-27/h5-7,10-15,20,24H,3-4,8-9,16-19H2,1-2H3,(H,26,28)/t24-/m1/s1. The molecule has 3 rings (SSSR count). The number of benzene rings is 2. The molecule has 0 spiro atoms. The van der Waals surface area contributed by atoms with Gasteiger partial charge in [-0.05, 0) is 61.5 Å². The Bertz CT molecular complexity index is 716. The average molecular weight is 379 g/mol. The smallest absolute Gasteiger partial charge is 0.251 e. The fourth-order valence-electron chi connectivity index (χ4n) is 3.99. The van der Waals surface area contributed by atoms with Crippen LogP contribution in [0, 0.1) is 5.92 Å². The molecule has 1 aliphatic heterocycles. The molecule has 1 atom stereocenters. The van der Waals surface area contributed by atoms with Crippen molar-refractivity contribution in [2.75, 3.05) is 13.1 Å². The van der Waals surface area contributed by atoms with Crippen LogP contribution in [0.25, 0.3) is 0 Å². The van der Waals surface area contributed by atoms with Gasteiger partial charge >= 0.3 is 0 Å². The molecule has 0 radical (unpaired) electrons. The third-order valence-corrected chi connectivity index (χ3v) is 5.54. The molecule has 1 aliphatic rings. The van der Waals surface area contributed by atoms with Gasteiger partial charge < -0.3 is 5.32 Å². The third-order valence-electron chi connectivity index (χ3n) is 5.54. The van der Waals surface area contributed by atoms with Gasteiger partial charge in [0.15, 0.2) is 0 Å². The molecule has 1 fully saturated rings. The Morgan fingerprint density at radius 1 is 0.929 bits per heavy atom. The lowest BCUT2D eigenvalue weighted by molar-refractivity contribution is 0.0932. The van der Waals surface area contributed by atoms with Gasteiger partial charge in [-0.3, -0.25) is 9.69 Å². The van der Waals surface area contributed by atoms with E-state index in [0.717, 1.165) is 18.5 Å². The molecule has 0 aliphatic carbocycles. The molecule has 0 saturated carbocycles. The molecule has 1 heterocycles. The van der Waals surface area contributed by atoms with Crippen LogP contribution in [0.3, 0.4) is 0 Å². The van der Waals surface area contributed by atoms with E-state index >= 15 is 0 Å². The van der Waals surface area contributed by atoms with E-state index < -0.39 is 0 Å². The van der Waals surface area contributed by atoms with Gasteiger partial charge in [0, 0.05) is 12.1 Å². The van der Waals surface area contributed by atoms with Crippen LogP contribution in [0.15, 0.2) is 54.6 Å². The number of carbonyl (C=O) groups is 1. The summed E-state index contributed by atoms with van der Waals surface area (Å²) >= 11 is 0. The van der Waals surface area contributed by atoms with E-state index in [2.05, 4.69) is 48.3 Å². The molecule has 3 heteroatoms. The molecular weight excluding hydrogens is 344 g/mol. The maximum Gasteiger partial charge on any atom is 0.251 e. The number of hydrogen-bond acceptors (Lipinski definition) is 2. The van der Waals surface area contributed by atoms with Crippen LogP contribution >= 0.6 is 0 Å². The van der Waals surface area contributed by atoms with Gasteiger partial charge in [0.2, 0.25) is 0 Å². The number of hydrogen-bond donors (Lipinski definition) is 1. The topological polar surface area (TPSA) is 32.3 Å². The Kier molecular flexibility index (Phi) is 7.67. The van der Waals surface area contributed by atoms with Gasteiger partial charge in [0.1, 0.15) is 0 Å². The van der Waals surface area contributed by atoms with Crippen molar-refractivity contribution < 1.29 is 4.79 Å². The highest BCUT2D eigenvalue weighted by atomic mass is 16.1. The van der Waals surface area contributed by atoms with Gasteiger partial charge in [0.05, 0.1) is 6.04 Å². The van der Waals surface area contributed by atoms with Crippen molar-refractivity contribution in [2.24, 2.45) is 5.92 Å². The highest BCUT2D eigenvalue weighted by Crippen LogP contribution is 2.22. The quantitative estimate of drug-likeness (QED) is 0.682. The molecule has 0 aromatic heterocycles. The Labute approximate surface area is 170 Å². The lowest BCUT2D eigenvalue weighted by Crippen LogP contribution is -2.29. The second-order valence-electron chi connectivity index (χ2n) is 8.45. The second kappa shape index (κ2) is 10.4. The summed E-state index contributed by atoms with van der Waals surface area (Å²) in [5, 5.41) is 3.24. The summed E-state index contributed by atoms with van der Waals surface area (Å²) in [6.07, 6.45) is 6.25. The number of rotatable bonds is 7. The van der Waals surface area contributed by atoms with Gasteiger partial charge in [-0.15, -0.1) is 0 Å². The van der Waals surface area contributed by atoms with E-state index in [1.54, 1.807) is 0 Å². The predicted molar refractivity (Wildman–Crippen MR) is 116 cm³/mol. The summed E-state index contributed by atoms with van der Waals surface area (Å²) < 4.78 is 0. The zero-order valence-corrected chi connectivity index (χ0v) is 17.4. The van der Waals surface area contributed by atoms with Crippen LogP contribution in [0.1, 0.15) is 73.5 Å².